The lowest BCUT2D eigenvalue weighted by Gasteiger charge is -2.35. The number of piperidine rings is 1. The van der Waals surface area contributed by atoms with Crippen LogP contribution in [0.15, 0.2) is 18.2 Å². The largest absolute Gasteiger partial charge is 0.399 e. The molecule has 0 atom stereocenters. The van der Waals surface area contributed by atoms with Gasteiger partial charge in [-0.15, -0.1) is 0 Å². The van der Waals surface area contributed by atoms with Crippen LogP contribution < -0.4 is 11.5 Å². The first kappa shape index (κ1) is 13.7. The summed E-state index contributed by atoms with van der Waals surface area (Å²) in [7, 11) is 3.97. The number of hydrogen-bond acceptors (Lipinski definition) is 4. The van der Waals surface area contributed by atoms with Crippen LogP contribution in [0.5, 0.6) is 0 Å². The SMILES string of the molecule is CN1CCC(N(C)C(=O)c2cc(N)cc(N)c2)CC1. The highest BCUT2D eigenvalue weighted by molar-refractivity contribution is 5.96. The summed E-state index contributed by atoms with van der Waals surface area (Å²) in [5.41, 5.74) is 13.1. The molecule has 5 heteroatoms. The van der Waals surface area contributed by atoms with Crippen LogP contribution in [0.4, 0.5) is 11.4 Å². The molecule has 1 aliphatic rings. The number of rotatable bonds is 2. The number of carbonyl (C=O) groups is 1. The predicted octanol–water partition coefficient (Wildman–Crippen LogP) is 1.02. The fourth-order valence-corrected chi connectivity index (χ4v) is 2.55. The number of likely N-dealkylation sites (tertiary alicyclic amines) is 1. The number of amides is 1. The molecule has 1 aromatic rings. The summed E-state index contributed by atoms with van der Waals surface area (Å²) < 4.78 is 0. The maximum atomic E-state index is 12.4. The van der Waals surface area contributed by atoms with E-state index in [4.69, 9.17) is 11.5 Å². The van der Waals surface area contributed by atoms with Crippen molar-refractivity contribution in [1.82, 2.24) is 9.80 Å². The van der Waals surface area contributed by atoms with E-state index in [1.54, 1.807) is 18.2 Å². The molecule has 5 nitrogen and oxygen atoms in total. The van der Waals surface area contributed by atoms with Crippen LogP contribution in [-0.4, -0.2) is 48.9 Å². The van der Waals surface area contributed by atoms with Crippen molar-refractivity contribution in [1.29, 1.82) is 0 Å². The van der Waals surface area contributed by atoms with Crippen molar-refractivity contribution < 1.29 is 4.79 Å². The van der Waals surface area contributed by atoms with Crippen LogP contribution >= 0.6 is 0 Å². The Hall–Kier alpha value is -1.75. The van der Waals surface area contributed by atoms with Crippen molar-refractivity contribution in [2.45, 2.75) is 18.9 Å². The van der Waals surface area contributed by atoms with E-state index in [9.17, 15) is 4.79 Å². The van der Waals surface area contributed by atoms with Crippen LogP contribution in [0.2, 0.25) is 0 Å². The minimum Gasteiger partial charge on any atom is -0.399 e. The summed E-state index contributed by atoms with van der Waals surface area (Å²) in [6.45, 7) is 2.06. The molecular weight excluding hydrogens is 240 g/mol. The van der Waals surface area contributed by atoms with Crippen LogP contribution in [0.1, 0.15) is 23.2 Å². The van der Waals surface area contributed by atoms with E-state index in [2.05, 4.69) is 11.9 Å². The van der Waals surface area contributed by atoms with Gasteiger partial charge in [0.05, 0.1) is 0 Å². The van der Waals surface area contributed by atoms with E-state index in [0.717, 1.165) is 25.9 Å². The third-order valence-electron chi connectivity index (χ3n) is 3.78. The van der Waals surface area contributed by atoms with Gasteiger partial charge < -0.3 is 21.3 Å². The molecule has 0 unspecified atom stereocenters. The van der Waals surface area contributed by atoms with Gasteiger partial charge in [-0.3, -0.25) is 4.79 Å². The molecule has 104 valence electrons. The second kappa shape index (κ2) is 5.48. The summed E-state index contributed by atoms with van der Waals surface area (Å²) in [5.74, 6) is -0.00597. The first-order valence-electron chi connectivity index (χ1n) is 6.59. The standard InChI is InChI=1S/C14H22N4O/c1-17-5-3-13(4-6-17)18(2)14(19)10-7-11(15)9-12(16)8-10/h7-9,13H,3-6,15-16H2,1-2H3. The van der Waals surface area contributed by atoms with Gasteiger partial charge in [0.15, 0.2) is 0 Å². The Kier molecular flexibility index (Phi) is 3.95. The molecule has 1 heterocycles. The van der Waals surface area contributed by atoms with Gasteiger partial charge in [0.1, 0.15) is 0 Å². The van der Waals surface area contributed by atoms with Crippen molar-refractivity contribution in [2.75, 3.05) is 38.7 Å². The number of nitrogens with two attached hydrogens (primary N) is 2. The molecule has 0 bridgehead atoms. The fourth-order valence-electron chi connectivity index (χ4n) is 2.55. The molecule has 1 saturated heterocycles. The van der Waals surface area contributed by atoms with E-state index < -0.39 is 0 Å². The fraction of sp³-hybridized carbons (Fsp3) is 0.500. The highest BCUT2D eigenvalue weighted by atomic mass is 16.2. The van der Waals surface area contributed by atoms with Gasteiger partial charge in [-0.05, 0) is 51.2 Å². The Labute approximate surface area is 114 Å². The highest BCUT2D eigenvalue weighted by Crippen LogP contribution is 2.19. The van der Waals surface area contributed by atoms with E-state index in [-0.39, 0.29) is 5.91 Å². The van der Waals surface area contributed by atoms with Gasteiger partial charge >= 0.3 is 0 Å². The Morgan fingerprint density at radius 2 is 1.74 bits per heavy atom. The number of hydrogen-bond donors (Lipinski definition) is 2. The zero-order chi connectivity index (χ0) is 14.0. The number of nitrogens with zero attached hydrogens (tertiary/aromatic N) is 2. The molecule has 0 radical (unpaired) electrons. The molecule has 1 amide bonds. The summed E-state index contributed by atoms with van der Waals surface area (Å²) in [4.78, 5) is 16.5. The van der Waals surface area contributed by atoms with E-state index in [1.807, 2.05) is 11.9 Å². The molecule has 4 N–H and O–H groups in total. The zero-order valence-corrected chi connectivity index (χ0v) is 11.6. The van der Waals surface area contributed by atoms with Gasteiger partial charge in [-0.2, -0.15) is 0 Å². The van der Waals surface area contributed by atoms with Gasteiger partial charge in [0.25, 0.3) is 5.91 Å². The van der Waals surface area contributed by atoms with E-state index in [1.165, 1.54) is 0 Å². The smallest absolute Gasteiger partial charge is 0.253 e. The van der Waals surface area contributed by atoms with Gasteiger partial charge in [0, 0.05) is 30.0 Å². The van der Waals surface area contributed by atoms with E-state index in [0.29, 0.717) is 23.0 Å². The normalized spacial score (nSPS) is 17.4. The molecule has 1 aliphatic heterocycles. The van der Waals surface area contributed by atoms with Gasteiger partial charge in [0.2, 0.25) is 0 Å². The minimum absolute atomic E-state index is 0.00597. The Bertz CT molecular complexity index is 446. The summed E-state index contributed by atoms with van der Waals surface area (Å²) >= 11 is 0. The van der Waals surface area contributed by atoms with Crippen LogP contribution in [0.3, 0.4) is 0 Å². The molecule has 19 heavy (non-hydrogen) atoms. The van der Waals surface area contributed by atoms with Crippen molar-refractivity contribution in [3.8, 4) is 0 Å². The third kappa shape index (κ3) is 3.17. The third-order valence-corrected chi connectivity index (χ3v) is 3.78. The minimum atomic E-state index is -0.00597. The predicted molar refractivity (Wildman–Crippen MR) is 77.9 cm³/mol. The summed E-state index contributed by atoms with van der Waals surface area (Å²) in [6, 6.07) is 5.33. The number of carbonyl (C=O) groups excluding carboxylic acids is 1. The number of anilines is 2. The maximum Gasteiger partial charge on any atom is 0.253 e. The summed E-state index contributed by atoms with van der Waals surface area (Å²) in [5, 5.41) is 0. The lowest BCUT2D eigenvalue weighted by molar-refractivity contribution is 0.0659. The second-order valence-corrected chi connectivity index (χ2v) is 5.34. The van der Waals surface area contributed by atoms with Crippen LogP contribution in [0, 0.1) is 0 Å². The number of nitrogen functional groups attached to an aromatic ring is 2. The van der Waals surface area contributed by atoms with E-state index >= 15 is 0 Å². The van der Waals surface area contributed by atoms with Crippen LogP contribution in [0.25, 0.3) is 0 Å². The lowest BCUT2D eigenvalue weighted by Crippen LogP contribution is -2.44. The topological polar surface area (TPSA) is 75.6 Å². The average molecular weight is 262 g/mol. The molecule has 0 aliphatic carbocycles. The van der Waals surface area contributed by atoms with Crippen molar-refractivity contribution >= 4 is 17.3 Å². The molecule has 0 saturated carbocycles. The second-order valence-electron chi connectivity index (χ2n) is 5.34. The van der Waals surface area contributed by atoms with Crippen molar-refractivity contribution in [3.05, 3.63) is 23.8 Å². The van der Waals surface area contributed by atoms with Crippen LogP contribution in [-0.2, 0) is 0 Å². The maximum absolute atomic E-state index is 12.4. The first-order chi connectivity index (χ1) is 8.97. The molecule has 0 spiro atoms. The Morgan fingerprint density at radius 3 is 2.26 bits per heavy atom. The molecule has 1 aromatic carbocycles. The number of benzene rings is 1. The molecule has 0 aromatic heterocycles. The Balaban J connectivity index is 2.10. The monoisotopic (exact) mass is 262 g/mol. The van der Waals surface area contributed by atoms with Gasteiger partial charge in [-0.25, -0.2) is 0 Å². The first-order valence-corrected chi connectivity index (χ1v) is 6.59. The summed E-state index contributed by atoms with van der Waals surface area (Å²) in [6.07, 6.45) is 2.02. The van der Waals surface area contributed by atoms with Gasteiger partial charge in [-0.1, -0.05) is 0 Å². The van der Waals surface area contributed by atoms with Crippen molar-refractivity contribution in [3.63, 3.8) is 0 Å². The molecule has 1 fully saturated rings. The zero-order valence-electron chi connectivity index (χ0n) is 11.6. The highest BCUT2D eigenvalue weighted by Gasteiger charge is 2.24. The molecule has 2 rings (SSSR count). The average Bonchev–Trinajstić information content (AvgIpc) is 2.37. The van der Waals surface area contributed by atoms with Crippen molar-refractivity contribution in [2.24, 2.45) is 0 Å². The quantitative estimate of drug-likeness (QED) is 0.780. The Morgan fingerprint density at radius 1 is 1.21 bits per heavy atom. The molecular formula is C14H22N4O. The lowest BCUT2D eigenvalue weighted by atomic mass is 10.0.